The van der Waals surface area contributed by atoms with Gasteiger partial charge in [-0.3, -0.25) is 9.59 Å². The van der Waals surface area contributed by atoms with Gasteiger partial charge in [0.1, 0.15) is 0 Å². The molecule has 1 fully saturated rings. The van der Waals surface area contributed by atoms with Crippen molar-refractivity contribution >= 4 is 11.9 Å². The van der Waals surface area contributed by atoms with Gasteiger partial charge in [0.25, 0.3) is 5.91 Å². The highest BCUT2D eigenvalue weighted by atomic mass is 16.5. The van der Waals surface area contributed by atoms with Crippen molar-refractivity contribution in [3.8, 4) is 5.69 Å². The number of hydrogen-bond donors (Lipinski definition) is 1. The first-order chi connectivity index (χ1) is 13.5. The second kappa shape index (κ2) is 7.39. The van der Waals surface area contributed by atoms with Crippen LogP contribution in [0.4, 0.5) is 0 Å². The van der Waals surface area contributed by atoms with Crippen LogP contribution in [0.2, 0.25) is 0 Å². The van der Waals surface area contributed by atoms with Crippen molar-refractivity contribution in [3.05, 3.63) is 46.8 Å². The maximum atomic E-state index is 13.4. The largest absolute Gasteiger partial charge is 0.481 e. The summed E-state index contributed by atoms with van der Waals surface area (Å²) in [6.45, 7) is 2.44. The summed E-state index contributed by atoms with van der Waals surface area (Å²) in [6, 6.07) is 7.73. The molecule has 2 aliphatic rings. The molecule has 0 saturated carbocycles. The summed E-state index contributed by atoms with van der Waals surface area (Å²) in [5.74, 6) is -1.09. The predicted molar refractivity (Wildman–Crippen MR) is 103 cm³/mol. The van der Waals surface area contributed by atoms with Crippen LogP contribution in [0.25, 0.3) is 5.69 Å². The van der Waals surface area contributed by atoms with Crippen molar-refractivity contribution < 1.29 is 19.4 Å². The van der Waals surface area contributed by atoms with Crippen LogP contribution in [0.15, 0.2) is 24.3 Å². The Labute approximate surface area is 163 Å². The SMILES string of the molecule is COC1CC(CC(=O)O)N(C(=O)c2nn(-c3ccc(C)cc3)c3c2CCC3)C1. The molecule has 0 radical (unpaired) electrons. The Morgan fingerprint density at radius 1 is 1.25 bits per heavy atom. The van der Waals surface area contributed by atoms with Crippen molar-refractivity contribution in [2.24, 2.45) is 0 Å². The molecule has 1 aliphatic heterocycles. The van der Waals surface area contributed by atoms with Gasteiger partial charge < -0.3 is 14.7 Å². The molecule has 4 rings (SSSR count). The third kappa shape index (κ3) is 3.30. The van der Waals surface area contributed by atoms with Crippen LogP contribution in [-0.4, -0.2) is 57.5 Å². The summed E-state index contributed by atoms with van der Waals surface area (Å²) >= 11 is 0. The number of amides is 1. The third-order valence-electron chi connectivity index (χ3n) is 5.79. The van der Waals surface area contributed by atoms with Gasteiger partial charge in [-0.25, -0.2) is 4.68 Å². The lowest BCUT2D eigenvalue weighted by molar-refractivity contribution is -0.138. The van der Waals surface area contributed by atoms with E-state index >= 15 is 0 Å². The average Bonchev–Trinajstić information content (AvgIpc) is 3.36. The van der Waals surface area contributed by atoms with Gasteiger partial charge in [0.2, 0.25) is 0 Å². The number of benzene rings is 1. The van der Waals surface area contributed by atoms with Crippen LogP contribution in [-0.2, 0) is 22.4 Å². The topological polar surface area (TPSA) is 84.7 Å². The fraction of sp³-hybridized carbons (Fsp3) is 0.476. The summed E-state index contributed by atoms with van der Waals surface area (Å²) in [7, 11) is 1.60. The second-order valence-corrected chi connectivity index (χ2v) is 7.68. The van der Waals surface area contributed by atoms with Crippen LogP contribution in [0, 0.1) is 6.92 Å². The zero-order chi connectivity index (χ0) is 19.8. The van der Waals surface area contributed by atoms with E-state index in [1.807, 2.05) is 35.9 Å². The lowest BCUT2D eigenvalue weighted by Crippen LogP contribution is -2.38. The number of aryl methyl sites for hydroxylation is 1. The summed E-state index contributed by atoms with van der Waals surface area (Å²) < 4.78 is 7.29. The van der Waals surface area contributed by atoms with E-state index in [0.29, 0.717) is 18.7 Å². The first-order valence-electron chi connectivity index (χ1n) is 9.71. The van der Waals surface area contributed by atoms with Crippen molar-refractivity contribution in [3.63, 3.8) is 0 Å². The minimum atomic E-state index is -0.907. The molecule has 7 nitrogen and oxygen atoms in total. The number of likely N-dealkylation sites (tertiary alicyclic amines) is 1. The molecule has 2 atom stereocenters. The van der Waals surface area contributed by atoms with Gasteiger partial charge in [0, 0.05) is 31.0 Å². The Bertz CT molecular complexity index is 903. The number of nitrogens with zero attached hydrogens (tertiary/aromatic N) is 3. The molecular weight excluding hydrogens is 358 g/mol. The first-order valence-corrected chi connectivity index (χ1v) is 9.71. The molecule has 28 heavy (non-hydrogen) atoms. The molecule has 1 aromatic carbocycles. The van der Waals surface area contributed by atoms with Gasteiger partial charge in [0.05, 0.1) is 18.2 Å². The number of carbonyl (C=O) groups is 2. The van der Waals surface area contributed by atoms with E-state index in [1.54, 1.807) is 12.0 Å². The van der Waals surface area contributed by atoms with E-state index in [0.717, 1.165) is 36.2 Å². The normalized spacial score (nSPS) is 21.1. The van der Waals surface area contributed by atoms with Gasteiger partial charge >= 0.3 is 5.97 Å². The Morgan fingerprint density at radius 3 is 2.68 bits per heavy atom. The minimum Gasteiger partial charge on any atom is -0.481 e. The Balaban J connectivity index is 1.69. The van der Waals surface area contributed by atoms with Crippen molar-refractivity contribution in [1.29, 1.82) is 0 Å². The van der Waals surface area contributed by atoms with Gasteiger partial charge in [-0.2, -0.15) is 5.10 Å². The fourth-order valence-electron chi connectivity index (χ4n) is 4.33. The molecule has 148 valence electrons. The average molecular weight is 383 g/mol. The van der Waals surface area contributed by atoms with Crippen molar-refractivity contribution in [1.82, 2.24) is 14.7 Å². The number of hydrogen-bond acceptors (Lipinski definition) is 4. The maximum absolute atomic E-state index is 13.4. The number of ether oxygens (including phenoxy) is 1. The first kappa shape index (κ1) is 18.7. The second-order valence-electron chi connectivity index (χ2n) is 7.68. The van der Waals surface area contributed by atoms with Gasteiger partial charge in [-0.15, -0.1) is 0 Å². The number of rotatable bonds is 5. The van der Waals surface area contributed by atoms with Crippen LogP contribution >= 0.6 is 0 Å². The molecule has 7 heteroatoms. The quantitative estimate of drug-likeness (QED) is 0.857. The maximum Gasteiger partial charge on any atom is 0.305 e. The Morgan fingerprint density at radius 2 is 2.00 bits per heavy atom. The number of aromatic nitrogens is 2. The summed E-state index contributed by atoms with van der Waals surface area (Å²) in [6.07, 6.45) is 3.04. The summed E-state index contributed by atoms with van der Waals surface area (Å²) in [5.41, 5.74) is 4.66. The molecule has 0 spiro atoms. The van der Waals surface area contributed by atoms with Crippen molar-refractivity contribution in [2.75, 3.05) is 13.7 Å². The van der Waals surface area contributed by atoms with Crippen molar-refractivity contribution in [2.45, 2.75) is 51.2 Å². The van der Waals surface area contributed by atoms with E-state index in [4.69, 9.17) is 4.74 Å². The molecule has 1 saturated heterocycles. The van der Waals surface area contributed by atoms with Crippen LogP contribution in [0.5, 0.6) is 0 Å². The fourth-order valence-corrected chi connectivity index (χ4v) is 4.33. The van der Waals surface area contributed by atoms with Crippen LogP contribution in [0.3, 0.4) is 0 Å². The van der Waals surface area contributed by atoms with E-state index < -0.39 is 5.97 Å². The highest BCUT2D eigenvalue weighted by Crippen LogP contribution is 2.31. The van der Waals surface area contributed by atoms with Gasteiger partial charge in [-0.1, -0.05) is 17.7 Å². The summed E-state index contributed by atoms with van der Waals surface area (Å²) in [4.78, 5) is 26.3. The minimum absolute atomic E-state index is 0.0769. The molecule has 1 amide bonds. The number of carboxylic acid groups (broad SMARTS) is 1. The number of fused-ring (bicyclic) bond motifs is 1. The highest BCUT2D eigenvalue weighted by molar-refractivity contribution is 5.95. The number of carbonyl (C=O) groups excluding carboxylic acids is 1. The lowest BCUT2D eigenvalue weighted by Gasteiger charge is -2.22. The molecule has 2 heterocycles. The lowest BCUT2D eigenvalue weighted by atomic mass is 10.1. The zero-order valence-corrected chi connectivity index (χ0v) is 16.2. The molecule has 2 unspecified atom stereocenters. The molecule has 1 aliphatic carbocycles. The number of aliphatic carboxylic acids is 1. The molecule has 1 aromatic heterocycles. The predicted octanol–water partition coefficient (Wildman–Crippen LogP) is 2.37. The molecular formula is C21H25N3O4. The third-order valence-corrected chi connectivity index (χ3v) is 5.79. The summed E-state index contributed by atoms with van der Waals surface area (Å²) in [5, 5.41) is 13.9. The zero-order valence-electron chi connectivity index (χ0n) is 16.2. The van der Waals surface area contributed by atoms with E-state index in [-0.39, 0.29) is 24.5 Å². The highest BCUT2D eigenvalue weighted by Gasteiger charge is 2.39. The van der Waals surface area contributed by atoms with E-state index in [9.17, 15) is 14.7 Å². The van der Waals surface area contributed by atoms with Gasteiger partial charge in [0.15, 0.2) is 5.69 Å². The smallest absolute Gasteiger partial charge is 0.305 e. The Hall–Kier alpha value is -2.67. The molecule has 1 N–H and O–H groups in total. The Kier molecular flexibility index (Phi) is 4.93. The van der Waals surface area contributed by atoms with Gasteiger partial charge in [-0.05, 0) is 44.7 Å². The standard InChI is InChI=1S/C21H25N3O4/c1-13-6-8-14(9-7-13)24-18-5-3-4-17(18)20(22-24)21(27)23-12-16(28-2)10-15(23)11-19(25)26/h6-9,15-16H,3-5,10-12H2,1-2H3,(H,25,26). The molecule has 0 bridgehead atoms. The molecule has 2 aromatic rings. The number of carboxylic acids is 1. The van der Waals surface area contributed by atoms with E-state index in [2.05, 4.69) is 5.10 Å². The monoisotopic (exact) mass is 383 g/mol. The van der Waals surface area contributed by atoms with Crippen LogP contribution in [0.1, 0.15) is 46.6 Å². The van der Waals surface area contributed by atoms with E-state index in [1.165, 1.54) is 5.56 Å². The van der Waals surface area contributed by atoms with Crippen LogP contribution < -0.4 is 0 Å². The number of methoxy groups -OCH3 is 1.